The van der Waals surface area contributed by atoms with Crippen molar-refractivity contribution in [3.8, 4) is 5.75 Å². The SMILES string of the molecule is CO[C@@](C)(CC(C)C)C(=O)Nc1ccc(OC2CCCC2)c(C)c1. The van der Waals surface area contributed by atoms with Gasteiger partial charge in [0.1, 0.15) is 11.4 Å². The summed E-state index contributed by atoms with van der Waals surface area (Å²) in [6, 6.07) is 5.82. The van der Waals surface area contributed by atoms with E-state index in [2.05, 4.69) is 19.2 Å². The second kappa shape index (κ2) is 8.02. The van der Waals surface area contributed by atoms with Gasteiger partial charge in [0.25, 0.3) is 5.91 Å². The van der Waals surface area contributed by atoms with Gasteiger partial charge in [-0.3, -0.25) is 4.79 Å². The second-order valence-corrected chi connectivity index (χ2v) is 7.49. The molecule has 2 rings (SSSR count). The van der Waals surface area contributed by atoms with Gasteiger partial charge in [0.2, 0.25) is 0 Å². The van der Waals surface area contributed by atoms with E-state index < -0.39 is 5.60 Å². The van der Waals surface area contributed by atoms with E-state index in [9.17, 15) is 4.79 Å². The predicted molar refractivity (Wildman–Crippen MR) is 97.6 cm³/mol. The van der Waals surface area contributed by atoms with Crippen molar-refractivity contribution in [1.82, 2.24) is 0 Å². The van der Waals surface area contributed by atoms with Crippen LogP contribution < -0.4 is 10.1 Å². The fraction of sp³-hybridized carbons (Fsp3) is 0.650. The minimum atomic E-state index is -0.818. The van der Waals surface area contributed by atoms with Crippen LogP contribution in [0.1, 0.15) is 58.4 Å². The molecule has 1 aliphatic carbocycles. The fourth-order valence-corrected chi connectivity index (χ4v) is 3.36. The molecule has 0 bridgehead atoms. The van der Waals surface area contributed by atoms with Crippen LogP contribution in [0.5, 0.6) is 5.75 Å². The Bertz CT molecular complexity index is 564. The molecule has 1 aliphatic rings. The van der Waals surface area contributed by atoms with Gasteiger partial charge in [-0.1, -0.05) is 13.8 Å². The molecule has 0 aliphatic heterocycles. The lowest BCUT2D eigenvalue weighted by atomic mass is 9.93. The van der Waals surface area contributed by atoms with E-state index >= 15 is 0 Å². The Morgan fingerprint density at radius 2 is 2.00 bits per heavy atom. The first-order chi connectivity index (χ1) is 11.3. The summed E-state index contributed by atoms with van der Waals surface area (Å²) in [6.45, 7) is 8.03. The second-order valence-electron chi connectivity index (χ2n) is 7.49. The molecule has 24 heavy (non-hydrogen) atoms. The number of rotatable bonds is 7. The molecule has 0 heterocycles. The molecule has 0 unspecified atom stereocenters. The Kier molecular flexibility index (Phi) is 6.27. The van der Waals surface area contributed by atoms with Crippen molar-refractivity contribution in [3.05, 3.63) is 23.8 Å². The van der Waals surface area contributed by atoms with Gasteiger partial charge in [0.05, 0.1) is 6.10 Å². The van der Waals surface area contributed by atoms with Crippen molar-refractivity contribution in [2.45, 2.75) is 71.5 Å². The Labute approximate surface area is 145 Å². The minimum absolute atomic E-state index is 0.109. The number of methoxy groups -OCH3 is 1. The normalized spacial score (nSPS) is 17.8. The van der Waals surface area contributed by atoms with Crippen molar-refractivity contribution in [2.75, 3.05) is 12.4 Å². The quantitative estimate of drug-likeness (QED) is 0.786. The zero-order valence-corrected chi connectivity index (χ0v) is 15.6. The summed E-state index contributed by atoms with van der Waals surface area (Å²) in [5, 5.41) is 2.98. The number of benzene rings is 1. The van der Waals surface area contributed by atoms with Crippen molar-refractivity contribution in [1.29, 1.82) is 0 Å². The number of hydrogen-bond acceptors (Lipinski definition) is 3. The topological polar surface area (TPSA) is 47.6 Å². The van der Waals surface area contributed by atoms with Crippen LogP contribution >= 0.6 is 0 Å². The van der Waals surface area contributed by atoms with Crippen LogP contribution in [-0.2, 0) is 9.53 Å². The van der Waals surface area contributed by atoms with Crippen molar-refractivity contribution in [2.24, 2.45) is 5.92 Å². The smallest absolute Gasteiger partial charge is 0.256 e. The molecule has 4 heteroatoms. The third-order valence-electron chi connectivity index (χ3n) is 4.76. The summed E-state index contributed by atoms with van der Waals surface area (Å²) < 4.78 is 11.6. The third-order valence-corrected chi connectivity index (χ3v) is 4.76. The Morgan fingerprint density at radius 3 is 2.54 bits per heavy atom. The maximum Gasteiger partial charge on any atom is 0.256 e. The lowest BCUT2D eigenvalue weighted by Gasteiger charge is -2.28. The van der Waals surface area contributed by atoms with Crippen molar-refractivity contribution >= 4 is 11.6 Å². The molecule has 1 saturated carbocycles. The van der Waals surface area contributed by atoms with E-state index in [-0.39, 0.29) is 5.91 Å². The predicted octanol–water partition coefficient (Wildman–Crippen LogP) is 4.71. The highest BCUT2D eigenvalue weighted by Crippen LogP contribution is 2.29. The van der Waals surface area contributed by atoms with Gasteiger partial charge in [0.15, 0.2) is 0 Å². The van der Waals surface area contributed by atoms with Gasteiger partial charge in [0, 0.05) is 12.8 Å². The van der Waals surface area contributed by atoms with Crippen LogP contribution in [0, 0.1) is 12.8 Å². The van der Waals surface area contributed by atoms with Crippen LogP contribution in [0.2, 0.25) is 0 Å². The average Bonchev–Trinajstić information content (AvgIpc) is 3.02. The maximum atomic E-state index is 12.6. The van der Waals surface area contributed by atoms with E-state index in [0.717, 1.165) is 29.8 Å². The highest BCUT2D eigenvalue weighted by Gasteiger charge is 2.34. The molecule has 134 valence electrons. The van der Waals surface area contributed by atoms with E-state index in [4.69, 9.17) is 9.47 Å². The Balaban J connectivity index is 2.04. The molecule has 0 radical (unpaired) electrons. The average molecular weight is 333 g/mol. The monoisotopic (exact) mass is 333 g/mol. The number of carbonyl (C=O) groups is 1. The molecule has 0 saturated heterocycles. The Morgan fingerprint density at radius 1 is 1.33 bits per heavy atom. The first kappa shape index (κ1) is 18.8. The number of hydrogen-bond donors (Lipinski definition) is 1. The van der Waals surface area contributed by atoms with Crippen LogP contribution in [-0.4, -0.2) is 24.7 Å². The number of amides is 1. The fourth-order valence-electron chi connectivity index (χ4n) is 3.36. The first-order valence-corrected chi connectivity index (χ1v) is 8.98. The molecular weight excluding hydrogens is 302 g/mol. The molecule has 1 amide bonds. The van der Waals surface area contributed by atoms with Crippen molar-refractivity contribution < 1.29 is 14.3 Å². The summed E-state index contributed by atoms with van der Waals surface area (Å²) in [5.74, 6) is 1.18. The lowest BCUT2D eigenvalue weighted by molar-refractivity contribution is -0.137. The van der Waals surface area contributed by atoms with Gasteiger partial charge >= 0.3 is 0 Å². The molecule has 1 aromatic carbocycles. The minimum Gasteiger partial charge on any atom is -0.490 e. The van der Waals surface area contributed by atoms with E-state index in [1.165, 1.54) is 12.8 Å². The zero-order chi connectivity index (χ0) is 17.7. The van der Waals surface area contributed by atoms with Crippen LogP contribution in [0.4, 0.5) is 5.69 Å². The lowest BCUT2D eigenvalue weighted by Crippen LogP contribution is -2.43. The summed E-state index contributed by atoms with van der Waals surface area (Å²) in [6.07, 6.45) is 5.80. The molecule has 1 atom stereocenters. The van der Waals surface area contributed by atoms with Gasteiger partial charge in [-0.05, 0) is 75.6 Å². The third kappa shape index (κ3) is 4.73. The van der Waals surface area contributed by atoms with Gasteiger partial charge in [-0.15, -0.1) is 0 Å². The molecule has 1 aromatic rings. The molecule has 0 aromatic heterocycles. The number of carbonyl (C=O) groups excluding carboxylic acids is 1. The summed E-state index contributed by atoms with van der Waals surface area (Å²) in [7, 11) is 1.59. The van der Waals surface area contributed by atoms with E-state index in [1.807, 2.05) is 32.0 Å². The maximum absolute atomic E-state index is 12.6. The number of nitrogens with one attached hydrogen (secondary N) is 1. The first-order valence-electron chi connectivity index (χ1n) is 8.98. The molecule has 4 nitrogen and oxygen atoms in total. The largest absolute Gasteiger partial charge is 0.490 e. The number of anilines is 1. The van der Waals surface area contributed by atoms with E-state index in [0.29, 0.717) is 18.4 Å². The number of ether oxygens (including phenoxy) is 2. The highest BCUT2D eigenvalue weighted by atomic mass is 16.5. The highest BCUT2D eigenvalue weighted by molar-refractivity contribution is 5.97. The van der Waals surface area contributed by atoms with Crippen LogP contribution in [0.3, 0.4) is 0 Å². The number of aryl methyl sites for hydroxylation is 1. The molecule has 1 N–H and O–H groups in total. The van der Waals surface area contributed by atoms with Crippen LogP contribution in [0.25, 0.3) is 0 Å². The van der Waals surface area contributed by atoms with Crippen LogP contribution in [0.15, 0.2) is 18.2 Å². The molecule has 0 spiro atoms. The van der Waals surface area contributed by atoms with Gasteiger partial charge < -0.3 is 14.8 Å². The summed E-state index contributed by atoms with van der Waals surface area (Å²) >= 11 is 0. The molecule has 1 fully saturated rings. The standard InChI is InChI=1S/C20H31NO3/c1-14(2)13-20(4,23-5)19(22)21-16-10-11-18(15(3)12-16)24-17-8-6-7-9-17/h10-12,14,17H,6-9,13H2,1-5H3,(H,21,22)/t20-/m0/s1. The van der Waals surface area contributed by atoms with Gasteiger partial charge in [-0.25, -0.2) is 0 Å². The zero-order valence-electron chi connectivity index (χ0n) is 15.6. The molecular formula is C20H31NO3. The Hall–Kier alpha value is -1.55. The summed E-state index contributed by atoms with van der Waals surface area (Å²) in [5.41, 5.74) is 1.01. The van der Waals surface area contributed by atoms with E-state index in [1.54, 1.807) is 7.11 Å². The summed E-state index contributed by atoms with van der Waals surface area (Å²) in [4.78, 5) is 12.6. The van der Waals surface area contributed by atoms with Gasteiger partial charge in [-0.2, -0.15) is 0 Å². The van der Waals surface area contributed by atoms with Crippen molar-refractivity contribution in [3.63, 3.8) is 0 Å².